The quantitative estimate of drug-likeness (QED) is 0.582. The fourth-order valence-corrected chi connectivity index (χ4v) is 2.13. The van der Waals surface area contributed by atoms with E-state index < -0.39 is 0 Å². The molecule has 1 amide bonds. The lowest BCUT2D eigenvalue weighted by Gasteiger charge is -2.21. The molecule has 0 radical (unpaired) electrons. The predicted molar refractivity (Wildman–Crippen MR) is 75.1 cm³/mol. The number of hydrogen-bond donors (Lipinski definition) is 0. The number of carbonyl (C=O) groups is 2. The van der Waals surface area contributed by atoms with Crippen molar-refractivity contribution in [2.24, 2.45) is 5.92 Å². The molecule has 19 heavy (non-hydrogen) atoms. The van der Waals surface area contributed by atoms with Crippen LogP contribution in [0.2, 0.25) is 0 Å². The number of ketones is 1. The fourth-order valence-electron chi connectivity index (χ4n) is 2.13. The van der Waals surface area contributed by atoms with Crippen molar-refractivity contribution in [1.82, 2.24) is 4.90 Å². The van der Waals surface area contributed by atoms with Crippen LogP contribution in [0.25, 0.3) is 0 Å². The first-order valence-electron chi connectivity index (χ1n) is 7.02. The molecule has 0 saturated heterocycles. The van der Waals surface area contributed by atoms with Crippen molar-refractivity contribution in [1.29, 1.82) is 0 Å². The van der Waals surface area contributed by atoms with Gasteiger partial charge in [-0.25, -0.2) is 0 Å². The van der Waals surface area contributed by atoms with Crippen LogP contribution in [0.15, 0.2) is 24.3 Å². The van der Waals surface area contributed by atoms with Crippen molar-refractivity contribution in [2.75, 3.05) is 13.1 Å². The lowest BCUT2D eigenvalue weighted by Crippen LogP contribution is -2.38. The average Bonchev–Trinajstić information content (AvgIpc) is 3.21. The first-order valence-corrected chi connectivity index (χ1v) is 7.02. The summed E-state index contributed by atoms with van der Waals surface area (Å²) in [6.45, 7) is 5.41. The molecule has 3 nitrogen and oxygen atoms in total. The second-order valence-corrected chi connectivity index (χ2v) is 5.39. The zero-order valence-electron chi connectivity index (χ0n) is 11.7. The zero-order valence-corrected chi connectivity index (χ0v) is 11.7. The summed E-state index contributed by atoms with van der Waals surface area (Å²) in [5.74, 6) is -0.118. The molecule has 102 valence electrons. The molecule has 1 aliphatic rings. The summed E-state index contributed by atoms with van der Waals surface area (Å²) in [7, 11) is 0. The highest BCUT2D eigenvalue weighted by molar-refractivity contribution is 6.42. The summed E-state index contributed by atoms with van der Waals surface area (Å²) in [5.41, 5.74) is 1.58. The Balaban J connectivity index is 2.06. The highest BCUT2D eigenvalue weighted by Gasteiger charge is 2.29. The predicted octanol–water partition coefficient (Wildman–Crippen LogP) is 2.83. The van der Waals surface area contributed by atoms with E-state index in [0.717, 1.165) is 18.5 Å². The van der Waals surface area contributed by atoms with Crippen molar-refractivity contribution in [2.45, 2.75) is 33.1 Å². The fraction of sp³-hybridized carbons (Fsp3) is 0.500. The van der Waals surface area contributed by atoms with Gasteiger partial charge in [0.15, 0.2) is 0 Å². The molecule has 0 unspecified atom stereocenters. The third kappa shape index (κ3) is 3.66. The van der Waals surface area contributed by atoms with Crippen LogP contribution in [0, 0.1) is 12.8 Å². The van der Waals surface area contributed by atoms with Gasteiger partial charge in [-0.05, 0) is 32.1 Å². The highest BCUT2D eigenvalue weighted by Crippen LogP contribution is 2.29. The third-order valence-electron chi connectivity index (χ3n) is 3.46. The monoisotopic (exact) mass is 259 g/mol. The largest absolute Gasteiger partial charge is 0.336 e. The van der Waals surface area contributed by atoms with Crippen LogP contribution in [-0.4, -0.2) is 29.7 Å². The second-order valence-electron chi connectivity index (χ2n) is 5.39. The van der Waals surface area contributed by atoms with E-state index in [0.29, 0.717) is 18.0 Å². The molecule has 0 aliphatic heterocycles. The molecule has 1 saturated carbocycles. The Hall–Kier alpha value is -1.64. The Morgan fingerprint density at radius 1 is 1.21 bits per heavy atom. The number of benzene rings is 1. The molecule has 3 heteroatoms. The van der Waals surface area contributed by atoms with E-state index in [1.165, 1.54) is 12.8 Å². The molecular formula is C16H21NO2. The normalized spacial score (nSPS) is 14.2. The molecule has 1 aromatic rings. The number of amides is 1. The standard InChI is InChI=1S/C16H21NO2/c1-3-10-17(11-13-6-7-13)16(19)15(18)14-8-4-12(2)5-9-14/h4-5,8-9,13H,3,6-7,10-11H2,1-2H3. The molecule has 0 spiro atoms. The molecule has 1 aromatic carbocycles. The molecule has 0 N–H and O–H groups in total. The molecule has 0 aromatic heterocycles. The minimum Gasteiger partial charge on any atom is -0.336 e. The lowest BCUT2D eigenvalue weighted by molar-refractivity contribution is -0.126. The third-order valence-corrected chi connectivity index (χ3v) is 3.46. The van der Waals surface area contributed by atoms with Gasteiger partial charge in [-0.2, -0.15) is 0 Å². The van der Waals surface area contributed by atoms with Crippen molar-refractivity contribution in [3.8, 4) is 0 Å². The van der Waals surface area contributed by atoms with Gasteiger partial charge in [0.05, 0.1) is 0 Å². The van der Waals surface area contributed by atoms with Gasteiger partial charge in [-0.15, -0.1) is 0 Å². The minimum absolute atomic E-state index is 0.349. The van der Waals surface area contributed by atoms with Crippen LogP contribution < -0.4 is 0 Å². The van der Waals surface area contributed by atoms with Crippen LogP contribution in [0.1, 0.15) is 42.1 Å². The smallest absolute Gasteiger partial charge is 0.294 e. The minimum atomic E-state index is -0.380. The maximum absolute atomic E-state index is 12.3. The number of nitrogens with zero attached hydrogens (tertiary/aromatic N) is 1. The van der Waals surface area contributed by atoms with E-state index in [1.807, 2.05) is 26.0 Å². The number of carbonyl (C=O) groups excluding carboxylic acids is 2. The zero-order chi connectivity index (χ0) is 13.8. The van der Waals surface area contributed by atoms with Gasteiger partial charge >= 0.3 is 0 Å². The molecule has 0 heterocycles. The number of hydrogen-bond acceptors (Lipinski definition) is 2. The Morgan fingerprint density at radius 3 is 2.37 bits per heavy atom. The highest BCUT2D eigenvalue weighted by atomic mass is 16.2. The van der Waals surface area contributed by atoms with E-state index in [1.54, 1.807) is 17.0 Å². The number of rotatable bonds is 6. The maximum atomic E-state index is 12.3. The van der Waals surface area contributed by atoms with Crippen molar-refractivity contribution >= 4 is 11.7 Å². The summed E-state index contributed by atoms with van der Waals surface area (Å²) in [6.07, 6.45) is 3.26. The van der Waals surface area contributed by atoms with Gasteiger partial charge in [0.2, 0.25) is 5.78 Å². The summed E-state index contributed by atoms with van der Waals surface area (Å²) in [5, 5.41) is 0. The SMILES string of the molecule is CCCN(CC1CC1)C(=O)C(=O)c1ccc(C)cc1. The van der Waals surface area contributed by atoms with E-state index in [2.05, 4.69) is 0 Å². The Bertz CT molecular complexity index is 460. The van der Waals surface area contributed by atoms with Gasteiger partial charge in [0.1, 0.15) is 0 Å². The molecular weight excluding hydrogens is 238 g/mol. The first-order chi connectivity index (χ1) is 9.11. The summed E-state index contributed by atoms with van der Waals surface area (Å²) < 4.78 is 0. The van der Waals surface area contributed by atoms with E-state index in [4.69, 9.17) is 0 Å². The van der Waals surface area contributed by atoms with Crippen LogP contribution in [0.5, 0.6) is 0 Å². The molecule has 1 aliphatic carbocycles. The van der Waals surface area contributed by atoms with E-state index >= 15 is 0 Å². The van der Waals surface area contributed by atoms with Gasteiger partial charge in [0, 0.05) is 18.7 Å². The summed E-state index contributed by atoms with van der Waals surface area (Å²) in [6, 6.07) is 7.20. The van der Waals surface area contributed by atoms with Crippen LogP contribution >= 0.6 is 0 Å². The average molecular weight is 259 g/mol. The van der Waals surface area contributed by atoms with Gasteiger partial charge < -0.3 is 4.90 Å². The van der Waals surface area contributed by atoms with Gasteiger partial charge in [0.25, 0.3) is 5.91 Å². The van der Waals surface area contributed by atoms with Crippen LogP contribution in [0.4, 0.5) is 0 Å². The van der Waals surface area contributed by atoms with Crippen LogP contribution in [-0.2, 0) is 4.79 Å². The van der Waals surface area contributed by atoms with E-state index in [-0.39, 0.29) is 11.7 Å². The van der Waals surface area contributed by atoms with Crippen molar-refractivity contribution in [3.05, 3.63) is 35.4 Å². The Morgan fingerprint density at radius 2 is 1.84 bits per heavy atom. The van der Waals surface area contributed by atoms with Crippen LogP contribution in [0.3, 0.4) is 0 Å². The summed E-state index contributed by atoms with van der Waals surface area (Å²) >= 11 is 0. The van der Waals surface area contributed by atoms with Gasteiger partial charge in [-0.3, -0.25) is 9.59 Å². The molecule has 2 rings (SSSR count). The summed E-state index contributed by atoms with van der Waals surface area (Å²) in [4.78, 5) is 26.2. The van der Waals surface area contributed by atoms with Crippen molar-refractivity contribution in [3.63, 3.8) is 0 Å². The lowest BCUT2D eigenvalue weighted by atomic mass is 10.1. The Labute approximate surface area is 114 Å². The number of Topliss-reactive ketones (excluding diaryl/α,β-unsaturated/α-hetero) is 1. The molecule has 1 fully saturated rings. The second kappa shape index (κ2) is 6.00. The Kier molecular flexibility index (Phi) is 4.35. The topological polar surface area (TPSA) is 37.4 Å². The first kappa shape index (κ1) is 13.8. The molecule has 0 atom stereocenters. The van der Waals surface area contributed by atoms with Gasteiger partial charge in [-0.1, -0.05) is 36.8 Å². The maximum Gasteiger partial charge on any atom is 0.294 e. The van der Waals surface area contributed by atoms with E-state index in [9.17, 15) is 9.59 Å². The van der Waals surface area contributed by atoms with Crippen molar-refractivity contribution < 1.29 is 9.59 Å². The number of aryl methyl sites for hydroxylation is 1. The molecule has 0 bridgehead atoms.